The molecule has 0 aliphatic heterocycles. The minimum absolute atomic E-state index is 0.0203. The number of nitrogens with two attached hydrogens (primary N) is 1. The summed E-state index contributed by atoms with van der Waals surface area (Å²) in [4.78, 5) is 2.59. The molecule has 0 radical (unpaired) electrons. The van der Waals surface area contributed by atoms with Crippen LogP contribution in [0.25, 0.3) is 10.4 Å². The van der Waals surface area contributed by atoms with Gasteiger partial charge in [-0.1, -0.05) is 17.2 Å². The first-order valence-electron chi connectivity index (χ1n) is 8.64. The van der Waals surface area contributed by atoms with Crippen LogP contribution in [-0.2, 0) is 15.9 Å². The van der Waals surface area contributed by atoms with Gasteiger partial charge >= 0.3 is 0 Å². The van der Waals surface area contributed by atoms with Crippen LogP contribution >= 0.6 is 0 Å². The van der Waals surface area contributed by atoms with Crippen molar-refractivity contribution in [2.45, 2.75) is 6.42 Å². The van der Waals surface area contributed by atoms with Gasteiger partial charge in [0.25, 0.3) is 0 Å². The van der Waals surface area contributed by atoms with Gasteiger partial charge in [0, 0.05) is 10.5 Å². The summed E-state index contributed by atoms with van der Waals surface area (Å²) in [6, 6.07) is 14.6. The molecule has 3 N–H and O–H groups in total. The molecule has 0 aromatic heterocycles. The molecule has 0 aliphatic carbocycles. The monoisotopic (exact) mass is 385 g/mol. The van der Waals surface area contributed by atoms with E-state index in [-0.39, 0.29) is 19.4 Å². The van der Waals surface area contributed by atoms with E-state index >= 15 is 0 Å². The Hall–Kier alpha value is -3.26. The number of hydrogen-bond acceptors (Lipinski definition) is 6. The predicted octanol–water partition coefficient (Wildman–Crippen LogP) is 3.23. The number of benzene rings is 2. The zero-order valence-electron chi connectivity index (χ0n) is 15.4. The van der Waals surface area contributed by atoms with Crippen LogP contribution < -0.4 is 15.2 Å². The van der Waals surface area contributed by atoms with Crippen LogP contribution in [-0.4, -0.2) is 39.2 Å². The normalized spacial score (nSPS) is 10.1. The van der Waals surface area contributed by atoms with Gasteiger partial charge in [-0.3, -0.25) is 5.41 Å². The van der Waals surface area contributed by atoms with E-state index in [2.05, 4.69) is 10.0 Å². The molecule has 2 aromatic carbocycles. The lowest BCUT2D eigenvalue weighted by atomic mass is 10.1. The zero-order chi connectivity index (χ0) is 20.0. The topological polar surface area (TPSA) is 136 Å². The Balaban J connectivity index is 1.61. The van der Waals surface area contributed by atoms with E-state index in [1.54, 1.807) is 24.3 Å². The van der Waals surface area contributed by atoms with Crippen LogP contribution in [0.1, 0.15) is 11.1 Å². The number of nitrogens with zero attached hydrogens (tertiary/aromatic N) is 3. The van der Waals surface area contributed by atoms with Crippen molar-refractivity contribution in [2.75, 3.05) is 33.3 Å². The molecule has 0 atom stereocenters. The zero-order valence-corrected chi connectivity index (χ0v) is 15.4. The molecule has 148 valence electrons. The van der Waals surface area contributed by atoms with Gasteiger partial charge in [-0.15, -0.1) is 0 Å². The second-order valence-corrected chi connectivity index (χ2v) is 5.62. The fourth-order valence-electron chi connectivity index (χ4n) is 2.19. The molecule has 0 saturated carbocycles. The van der Waals surface area contributed by atoms with Crippen molar-refractivity contribution >= 4 is 5.84 Å². The molecule has 28 heavy (non-hydrogen) atoms. The molecule has 9 heteroatoms. The predicted molar refractivity (Wildman–Crippen MR) is 105 cm³/mol. The maximum atomic E-state index is 8.10. The molecule has 0 unspecified atom stereocenters. The first-order chi connectivity index (χ1) is 13.7. The van der Waals surface area contributed by atoms with E-state index in [0.29, 0.717) is 36.9 Å². The van der Waals surface area contributed by atoms with Crippen LogP contribution in [0.15, 0.2) is 53.6 Å². The highest BCUT2D eigenvalue weighted by Crippen LogP contribution is 2.15. The maximum absolute atomic E-state index is 8.10. The SMILES string of the molecule is [N-]=[N+]=NCOCCOCCc1ccc(OCOc2ccc(C(=N)N)cc2)cc1. The third-order valence-electron chi connectivity index (χ3n) is 3.66. The van der Waals surface area contributed by atoms with Crippen molar-refractivity contribution in [1.82, 2.24) is 0 Å². The second-order valence-electron chi connectivity index (χ2n) is 5.62. The quantitative estimate of drug-likeness (QED) is 0.104. The Kier molecular flexibility index (Phi) is 9.16. The Bertz CT molecular complexity index is 774. The number of nitrogen functional groups attached to an aromatic ring is 1. The van der Waals surface area contributed by atoms with Crippen molar-refractivity contribution < 1.29 is 18.9 Å². The minimum Gasteiger partial charge on any atom is -0.458 e. The largest absolute Gasteiger partial charge is 0.458 e. The van der Waals surface area contributed by atoms with Gasteiger partial charge in [0.15, 0.2) is 0 Å². The first-order valence-corrected chi connectivity index (χ1v) is 8.64. The highest BCUT2D eigenvalue weighted by molar-refractivity contribution is 5.94. The summed E-state index contributed by atoms with van der Waals surface area (Å²) < 4.78 is 21.6. The molecule has 0 fully saturated rings. The lowest BCUT2D eigenvalue weighted by molar-refractivity contribution is 0.0515. The van der Waals surface area contributed by atoms with E-state index in [9.17, 15) is 0 Å². The molecular weight excluding hydrogens is 362 g/mol. The molecule has 0 bridgehead atoms. The lowest BCUT2D eigenvalue weighted by Gasteiger charge is -2.10. The van der Waals surface area contributed by atoms with E-state index in [4.69, 9.17) is 35.6 Å². The van der Waals surface area contributed by atoms with Gasteiger partial charge in [0.2, 0.25) is 6.79 Å². The minimum atomic E-state index is 0.0203. The van der Waals surface area contributed by atoms with E-state index in [0.717, 1.165) is 12.0 Å². The fourth-order valence-corrected chi connectivity index (χ4v) is 2.19. The summed E-state index contributed by atoms with van der Waals surface area (Å²) >= 11 is 0. The average Bonchev–Trinajstić information content (AvgIpc) is 2.71. The number of nitrogens with one attached hydrogen (secondary N) is 1. The molecule has 0 spiro atoms. The lowest BCUT2D eigenvalue weighted by Crippen LogP contribution is -2.11. The molecule has 0 saturated heterocycles. The third kappa shape index (κ3) is 7.96. The Morgan fingerprint density at radius 2 is 1.54 bits per heavy atom. The summed E-state index contributed by atoms with van der Waals surface area (Å²) in [5.41, 5.74) is 15.3. The van der Waals surface area contributed by atoms with Gasteiger partial charge in [-0.05, 0) is 53.9 Å². The molecular formula is C19H23N5O4. The number of azide groups is 1. The number of rotatable bonds is 13. The third-order valence-corrected chi connectivity index (χ3v) is 3.66. The van der Waals surface area contributed by atoms with E-state index < -0.39 is 0 Å². The Morgan fingerprint density at radius 1 is 0.929 bits per heavy atom. The van der Waals surface area contributed by atoms with Crippen LogP contribution in [0.5, 0.6) is 11.5 Å². The fraction of sp³-hybridized carbons (Fsp3) is 0.316. The Morgan fingerprint density at radius 3 is 2.14 bits per heavy atom. The van der Waals surface area contributed by atoms with Crippen LogP contribution in [0.2, 0.25) is 0 Å². The molecule has 0 amide bonds. The van der Waals surface area contributed by atoms with Gasteiger partial charge in [-0.25, -0.2) is 0 Å². The van der Waals surface area contributed by atoms with Crippen molar-refractivity contribution in [3.63, 3.8) is 0 Å². The van der Waals surface area contributed by atoms with E-state index in [1.807, 2.05) is 24.3 Å². The number of hydrogen-bond donors (Lipinski definition) is 2. The molecule has 0 aliphatic rings. The highest BCUT2D eigenvalue weighted by atomic mass is 16.7. The van der Waals surface area contributed by atoms with E-state index in [1.165, 1.54) is 0 Å². The molecule has 0 heterocycles. The van der Waals surface area contributed by atoms with Gasteiger partial charge in [0.05, 0.1) is 19.8 Å². The van der Waals surface area contributed by atoms with Crippen molar-refractivity contribution in [2.24, 2.45) is 10.8 Å². The van der Waals surface area contributed by atoms with Gasteiger partial charge in [0.1, 0.15) is 24.1 Å². The van der Waals surface area contributed by atoms with Crippen molar-refractivity contribution in [1.29, 1.82) is 5.41 Å². The maximum Gasteiger partial charge on any atom is 0.230 e. The van der Waals surface area contributed by atoms with Crippen molar-refractivity contribution in [3.05, 3.63) is 70.1 Å². The smallest absolute Gasteiger partial charge is 0.230 e. The first kappa shape index (κ1) is 21.0. The summed E-state index contributed by atoms with van der Waals surface area (Å²) in [5.74, 6) is 1.37. The van der Waals surface area contributed by atoms with Crippen LogP contribution in [0.3, 0.4) is 0 Å². The van der Waals surface area contributed by atoms with Gasteiger partial charge < -0.3 is 24.7 Å². The Labute approximate surface area is 163 Å². The second kappa shape index (κ2) is 12.2. The van der Waals surface area contributed by atoms with Crippen LogP contribution in [0, 0.1) is 5.41 Å². The van der Waals surface area contributed by atoms with Crippen LogP contribution in [0.4, 0.5) is 0 Å². The summed E-state index contributed by atoms with van der Waals surface area (Å²) in [6.45, 7) is 1.52. The number of amidine groups is 1. The standard InChI is InChI=1S/C19H23N5O4/c20-19(21)16-3-7-18(8-4-16)28-14-27-17-5-1-15(2-6-17)9-10-25-11-12-26-13-23-24-22/h1-8H,9-14H2,(H3,20,21). The highest BCUT2D eigenvalue weighted by Gasteiger charge is 2.00. The number of ether oxygens (including phenoxy) is 4. The average molecular weight is 385 g/mol. The summed E-state index contributed by atoms with van der Waals surface area (Å²) in [6.07, 6.45) is 0.773. The van der Waals surface area contributed by atoms with Crippen molar-refractivity contribution in [3.8, 4) is 11.5 Å². The van der Waals surface area contributed by atoms with Gasteiger partial charge in [-0.2, -0.15) is 0 Å². The summed E-state index contributed by atoms with van der Waals surface area (Å²) in [7, 11) is 0. The molecule has 9 nitrogen and oxygen atoms in total. The summed E-state index contributed by atoms with van der Waals surface area (Å²) in [5, 5.41) is 10.6. The molecule has 2 aromatic rings. The molecule has 2 rings (SSSR count).